The van der Waals surface area contributed by atoms with E-state index in [0.717, 1.165) is 42.9 Å². The average molecular weight is 230 g/mol. The van der Waals surface area contributed by atoms with Crippen LogP contribution in [0.15, 0.2) is 30.5 Å². The Labute approximate surface area is 99.5 Å². The van der Waals surface area contributed by atoms with E-state index in [1.807, 2.05) is 12.3 Å². The minimum absolute atomic E-state index is 0.254. The molecule has 1 aliphatic rings. The number of benzene rings is 1. The van der Waals surface area contributed by atoms with E-state index in [9.17, 15) is 5.11 Å². The van der Waals surface area contributed by atoms with Gasteiger partial charge in [0.15, 0.2) is 0 Å². The van der Waals surface area contributed by atoms with Crippen LogP contribution in [0.2, 0.25) is 0 Å². The number of morpholine rings is 1. The normalized spacial score (nSPS) is 16.4. The van der Waals surface area contributed by atoms with Crippen molar-refractivity contribution >= 4 is 16.6 Å². The van der Waals surface area contributed by atoms with E-state index in [1.54, 1.807) is 12.1 Å². The Kier molecular flexibility index (Phi) is 2.57. The molecule has 1 saturated heterocycles. The monoisotopic (exact) mass is 230 g/mol. The summed E-state index contributed by atoms with van der Waals surface area (Å²) in [5.74, 6) is 0.254. The van der Waals surface area contributed by atoms with Crippen molar-refractivity contribution in [2.75, 3.05) is 31.2 Å². The highest BCUT2D eigenvalue weighted by Crippen LogP contribution is 2.23. The van der Waals surface area contributed by atoms with Crippen LogP contribution >= 0.6 is 0 Å². The molecule has 0 unspecified atom stereocenters. The van der Waals surface area contributed by atoms with Crippen LogP contribution < -0.4 is 4.90 Å². The summed E-state index contributed by atoms with van der Waals surface area (Å²) in [6.07, 6.45) is 1.85. The molecule has 4 heteroatoms. The smallest absolute Gasteiger partial charge is 0.117 e. The lowest BCUT2D eigenvalue weighted by Gasteiger charge is -2.28. The number of ether oxygens (including phenoxy) is 1. The fraction of sp³-hybridized carbons (Fsp3) is 0.308. The summed E-state index contributed by atoms with van der Waals surface area (Å²) in [4.78, 5) is 6.64. The van der Waals surface area contributed by atoms with Gasteiger partial charge in [-0.2, -0.15) is 0 Å². The first-order valence-electron chi connectivity index (χ1n) is 5.74. The van der Waals surface area contributed by atoms with E-state index < -0.39 is 0 Å². The van der Waals surface area contributed by atoms with Gasteiger partial charge in [0.25, 0.3) is 0 Å². The van der Waals surface area contributed by atoms with Gasteiger partial charge >= 0.3 is 0 Å². The summed E-state index contributed by atoms with van der Waals surface area (Å²) in [6.45, 7) is 3.36. The van der Waals surface area contributed by atoms with Gasteiger partial charge in [0.2, 0.25) is 0 Å². The highest BCUT2D eigenvalue weighted by Gasteiger charge is 2.11. The quantitative estimate of drug-likeness (QED) is 0.811. The van der Waals surface area contributed by atoms with Crippen LogP contribution in [0.5, 0.6) is 5.75 Å². The van der Waals surface area contributed by atoms with Gasteiger partial charge in [-0.1, -0.05) is 0 Å². The standard InChI is InChI=1S/C13H14N2O2/c16-12-2-1-10-7-11(9-14-13(10)8-12)15-3-5-17-6-4-15/h1-2,7-9,16H,3-6H2. The number of anilines is 1. The van der Waals surface area contributed by atoms with Crippen molar-refractivity contribution in [3.05, 3.63) is 30.5 Å². The minimum Gasteiger partial charge on any atom is -0.508 e. The molecule has 1 fully saturated rings. The third-order valence-corrected chi connectivity index (χ3v) is 3.03. The molecule has 0 saturated carbocycles. The van der Waals surface area contributed by atoms with Crippen molar-refractivity contribution in [2.24, 2.45) is 0 Å². The first-order valence-corrected chi connectivity index (χ1v) is 5.74. The lowest BCUT2D eigenvalue weighted by Crippen LogP contribution is -2.36. The lowest BCUT2D eigenvalue weighted by molar-refractivity contribution is 0.122. The molecule has 17 heavy (non-hydrogen) atoms. The van der Waals surface area contributed by atoms with Crippen LogP contribution in [0, 0.1) is 0 Å². The van der Waals surface area contributed by atoms with E-state index in [1.165, 1.54) is 0 Å². The van der Waals surface area contributed by atoms with E-state index in [2.05, 4.69) is 16.0 Å². The van der Waals surface area contributed by atoms with Crippen molar-refractivity contribution in [2.45, 2.75) is 0 Å². The molecule has 1 N–H and O–H groups in total. The van der Waals surface area contributed by atoms with E-state index >= 15 is 0 Å². The Bertz CT molecular complexity index is 536. The van der Waals surface area contributed by atoms with E-state index in [4.69, 9.17) is 4.74 Å². The summed E-state index contributed by atoms with van der Waals surface area (Å²) < 4.78 is 5.33. The fourth-order valence-electron chi connectivity index (χ4n) is 2.09. The topological polar surface area (TPSA) is 45.6 Å². The SMILES string of the molecule is Oc1ccc2cc(N3CCOCC3)cnc2c1. The molecule has 1 aromatic carbocycles. The van der Waals surface area contributed by atoms with Gasteiger partial charge in [-0.3, -0.25) is 4.98 Å². The predicted molar refractivity (Wildman–Crippen MR) is 66.4 cm³/mol. The van der Waals surface area contributed by atoms with E-state index in [0.29, 0.717) is 0 Å². The van der Waals surface area contributed by atoms with Crippen LogP contribution in [0.25, 0.3) is 10.9 Å². The molecule has 4 nitrogen and oxygen atoms in total. The van der Waals surface area contributed by atoms with Gasteiger partial charge in [0, 0.05) is 24.5 Å². The molecule has 0 spiro atoms. The number of hydrogen-bond donors (Lipinski definition) is 1. The molecule has 0 radical (unpaired) electrons. The molecule has 1 aromatic heterocycles. The van der Waals surface area contributed by atoms with Gasteiger partial charge in [-0.05, 0) is 18.2 Å². The summed E-state index contributed by atoms with van der Waals surface area (Å²) in [6, 6.07) is 7.36. The molecule has 88 valence electrons. The molecule has 1 aliphatic heterocycles. The highest BCUT2D eigenvalue weighted by atomic mass is 16.5. The Morgan fingerprint density at radius 1 is 1.18 bits per heavy atom. The Morgan fingerprint density at radius 3 is 2.82 bits per heavy atom. The summed E-state index contributed by atoms with van der Waals surface area (Å²) in [5.41, 5.74) is 1.94. The zero-order chi connectivity index (χ0) is 11.7. The number of aromatic nitrogens is 1. The maximum Gasteiger partial charge on any atom is 0.117 e. The van der Waals surface area contributed by atoms with Gasteiger partial charge in [-0.15, -0.1) is 0 Å². The third-order valence-electron chi connectivity index (χ3n) is 3.03. The average Bonchev–Trinajstić information content (AvgIpc) is 2.39. The molecule has 2 heterocycles. The van der Waals surface area contributed by atoms with Gasteiger partial charge in [-0.25, -0.2) is 0 Å². The zero-order valence-electron chi connectivity index (χ0n) is 9.47. The second kappa shape index (κ2) is 4.22. The first-order chi connectivity index (χ1) is 8.33. The largest absolute Gasteiger partial charge is 0.508 e. The number of rotatable bonds is 1. The van der Waals surface area contributed by atoms with Crippen LogP contribution in [0.4, 0.5) is 5.69 Å². The van der Waals surface area contributed by atoms with Gasteiger partial charge in [0.1, 0.15) is 5.75 Å². The van der Waals surface area contributed by atoms with Crippen molar-refractivity contribution in [3.63, 3.8) is 0 Å². The molecule has 0 amide bonds. The van der Waals surface area contributed by atoms with Crippen molar-refractivity contribution < 1.29 is 9.84 Å². The number of phenolic OH excluding ortho intramolecular Hbond substituents is 1. The summed E-state index contributed by atoms with van der Waals surface area (Å²) in [5, 5.41) is 10.4. The number of pyridine rings is 1. The second-order valence-electron chi connectivity index (χ2n) is 4.17. The van der Waals surface area contributed by atoms with Crippen molar-refractivity contribution in [1.82, 2.24) is 4.98 Å². The van der Waals surface area contributed by atoms with Gasteiger partial charge in [0.05, 0.1) is 30.6 Å². The number of aromatic hydroxyl groups is 1. The lowest BCUT2D eigenvalue weighted by atomic mass is 10.2. The first kappa shape index (κ1) is 10.4. The second-order valence-corrected chi connectivity index (χ2v) is 4.17. The van der Waals surface area contributed by atoms with Gasteiger partial charge < -0.3 is 14.7 Å². The number of phenols is 1. The zero-order valence-corrected chi connectivity index (χ0v) is 9.47. The maximum atomic E-state index is 9.38. The van der Waals surface area contributed by atoms with Crippen LogP contribution in [0.1, 0.15) is 0 Å². The Morgan fingerprint density at radius 2 is 2.00 bits per heavy atom. The predicted octanol–water partition coefficient (Wildman–Crippen LogP) is 1.78. The Balaban J connectivity index is 1.98. The minimum atomic E-state index is 0.254. The molecule has 0 atom stereocenters. The molecule has 0 aliphatic carbocycles. The van der Waals surface area contributed by atoms with Crippen LogP contribution in [-0.2, 0) is 4.74 Å². The van der Waals surface area contributed by atoms with Crippen LogP contribution in [0.3, 0.4) is 0 Å². The number of nitrogens with zero attached hydrogens (tertiary/aromatic N) is 2. The number of fused-ring (bicyclic) bond motifs is 1. The van der Waals surface area contributed by atoms with Crippen LogP contribution in [-0.4, -0.2) is 36.4 Å². The maximum absolute atomic E-state index is 9.38. The summed E-state index contributed by atoms with van der Waals surface area (Å²) >= 11 is 0. The summed E-state index contributed by atoms with van der Waals surface area (Å²) in [7, 11) is 0. The number of hydrogen-bond acceptors (Lipinski definition) is 4. The highest BCUT2D eigenvalue weighted by molar-refractivity contribution is 5.83. The van der Waals surface area contributed by atoms with Crippen molar-refractivity contribution in [3.8, 4) is 5.75 Å². The molecule has 3 rings (SSSR count). The molecular weight excluding hydrogens is 216 g/mol. The fourth-order valence-corrected chi connectivity index (χ4v) is 2.09. The third kappa shape index (κ3) is 2.03. The van der Waals surface area contributed by atoms with Crippen molar-refractivity contribution in [1.29, 1.82) is 0 Å². The molecule has 2 aromatic rings. The molecule has 0 bridgehead atoms. The van der Waals surface area contributed by atoms with E-state index in [-0.39, 0.29) is 5.75 Å². The Hall–Kier alpha value is -1.81. The molecular formula is C13H14N2O2.